The van der Waals surface area contributed by atoms with Gasteiger partial charge in [0.1, 0.15) is 0 Å². The first-order chi connectivity index (χ1) is 18.1. The molecule has 0 heterocycles. The zero-order valence-electron chi connectivity index (χ0n) is 21.8. The van der Waals surface area contributed by atoms with Crippen LogP contribution < -0.4 is 0 Å². The summed E-state index contributed by atoms with van der Waals surface area (Å²) in [4.78, 5) is 74.9. The first-order valence-corrected chi connectivity index (χ1v) is 11.8. The number of carbonyl (C=O) groups is 5. The summed E-state index contributed by atoms with van der Waals surface area (Å²) in [6.07, 6.45) is 0.888. The number of methoxy groups -OCH3 is 1. The van der Waals surface area contributed by atoms with Crippen LogP contribution in [0.2, 0.25) is 0 Å². The molecule has 0 fully saturated rings. The molecular weight excluding hydrogens is 506 g/mol. The molecule has 13 nitrogen and oxygen atoms in total. The molecule has 0 N–H and O–H groups in total. The summed E-state index contributed by atoms with van der Waals surface area (Å²) in [7, 11) is 1.01. The van der Waals surface area contributed by atoms with Crippen LogP contribution in [0.25, 0.3) is 0 Å². The number of esters is 5. The Labute approximate surface area is 219 Å². The van der Waals surface area contributed by atoms with E-state index in [4.69, 9.17) is 23.7 Å². The molecule has 0 saturated carbocycles. The highest BCUT2D eigenvalue weighted by molar-refractivity contribution is 6.02. The van der Waals surface area contributed by atoms with Crippen LogP contribution in [-0.2, 0) is 47.7 Å². The van der Waals surface area contributed by atoms with Crippen molar-refractivity contribution in [3.8, 4) is 0 Å². The molecule has 1 unspecified atom stereocenters. The van der Waals surface area contributed by atoms with Crippen molar-refractivity contribution >= 4 is 35.5 Å². The minimum absolute atomic E-state index is 0.0600. The van der Waals surface area contributed by atoms with E-state index in [0.29, 0.717) is 0 Å². The zero-order valence-corrected chi connectivity index (χ0v) is 21.8. The number of hydrogen-bond donors (Lipinski definition) is 0. The lowest BCUT2D eigenvalue weighted by atomic mass is 9.78. The number of benzene rings is 1. The Balaban J connectivity index is 4.02. The van der Waals surface area contributed by atoms with Gasteiger partial charge in [-0.2, -0.15) is 0 Å². The fourth-order valence-electron chi connectivity index (χ4n) is 3.48. The van der Waals surface area contributed by atoms with Crippen molar-refractivity contribution in [3.05, 3.63) is 51.6 Å². The van der Waals surface area contributed by atoms with Crippen molar-refractivity contribution in [2.24, 2.45) is 11.8 Å². The maximum absolute atomic E-state index is 13.1. The van der Waals surface area contributed by atoms with Gasteiger partial charge < -0.3 is 23.7 Å². The minimum atomic E-state index is -1.81. The average molecular weight is 538 g/mol. The van der Waals surface area contributed by atoms with Gasteiger partial charge in [0.25, 0.3) is 5.69 Å². The van der Waals surface area contributed by atoms with Crippen molar-refractivity contribution in [1.29, 1.82) is 0 Å². The van der Waals surface area contributed by atoms with E-state index < -0.39 is 58.1 Å². The minimum Gasteiger partial charge on any atom is -0.466 e. The number of hydrogen-bond acceptors (Lipinski definition) is 12. The largest absolute Gasteiger partial charge is 0.466 e. The van der Waals surface area contributed by atoms with Crippen LogP contribution >= 0.6 is 0 Å². The lowest BCUT2D eigenvalue weighted by molar-refractivity contribution is -0.384. The molecule has 1 rings (SSSR count). The first-order valence-electron chi connectivity index (χ1n) is 11.8. The van der Waals surface area contributed by atoms with E-state index in [9.17, 15) is 34.1 Å². The van der Waals surface area contributed by atoms with Crippen molar-refractivity contribution in [2.45, 2.75) is 33.6 Å². The first kappa shape index (κ1) is 31.7. The summed E-state index contributed by atoms with van der Waals surface area (Å²) >= 11 is 0. The Morgan fingerprint density at radius 2 is 1.21 bits per heavy atom. The Morgan fingerprint density at radius 3 is 1.58 bits per heavy atom. The molecular formula is C25H31NO12. The van der Waals surface area contributed by atoms with Gasteiger partial charge in [0.15, 0.2) is 11.8 Å². The van der Waals surface area contributed by atoms with Gasteiger partial charge >= 0.3 is 29.8 Å². The Kier molecular flexibility index (Phi) is 13.1. The summed E-state index contributed by atoms with van der Waals surface area (Å²) < 4.78 is 24.9. The van der Waals surface area contributed by atoms with Gasteiger partial charge in [0.05, 0.1) is 38.5 Å². The van der Waals surface area contributed by atoms with Gasteiger partial charge in [-0.05, 0) is 39.3 Å². The molecule has 38 heavy (non-hydrogen) atoms. The van der Waals surface area contributed by atoms with E-state index in [1.165, 1.54) is 39.8 Å². The summed E-state index contributed by atoms with van der Waals surface area (Å²) in [6.45, 7) is 5.53. The smallest absolute Gasteiger partial charge is 0.334 e. The highest BCUT2D eigenvalue weighted by Gasteiger charge is 2.44. The van der Waals surface area contributed by atoms with Crippen molar-refractivity contribution in [3.63, 3.8) is 0 Å². The van der Waals surface area contributed by atoms with Gasteiger partial charge in [-0.15, -0.1) is 0 Å². The second-order valence-corrected chi connectivity index (χ2v) is 7.40. The van der Waals surface area contributed by atoms with Crippen LogP contribution in [0.4, 0.5) is 5.69 Å². The second kappa shape index (κ2) is 15.7. The molecule has 1 aromatic carbocycles. The molecule has 208 valence electrons. The number of carbonyl (C=O) groups excluding carboxylic acids is 5. The molecule has 13 heteroatoms. The monoisotopic (exact) mass is 537 g/mol. The number of ether oxygens (including phenoxy) is 5. The van der Waals surface area contributed by atoms with E-state index in [2.05, 4.69) is 0 Å². The second-order valence-electron chi connectivity index (χ2n) is 7.40. The Bertz CT molecular complexity index is 1010. The number of nitrogens with zero attached hydrogens (tertiary/aromatic N) is 1. The molecule has 0 bridgehead atoms. The van der Waals surface area contributed by atoms with Crippen LogP contribution in [0.15, 0.2) is 35.9 Å². The lowest BCUT2D eigenvalue weighted by Crippen LogP contribution is -2.37. The number of nitro benzene ring substituents is 1. The van der Waals surface area contributed by atoms with Gasteiger partial charge in [-0.1, -0.05) is 12.1 Å². The van der Waals surface area contributed by atoms with E-state index >= 15 is 0 Å². The van der Waals surface area contributed by atoms with E-state index in [0.717, 1.165) is 25.3 Å². The third-order valence-electron chi connectivity index (χ3n) is 5.06. The van der Waals surface area contributed by atoms with Crippen LogP contribution in [0, 0.1) is 22.0 Å². The van der Waals surface area contributed by atoms with Gasteiger partial charge in [-0.25, -0.2) is 4.79 Å². The molecule has 0 saturated heterocycles. The number of non-ortho nitro benzene ring substituents is 1. The third-order valence-corrected chi connectivity index (χ3v) is 5.06. The van der Waals surface area contributed by atoms with Crippen molar-refractivity contribution in [1.82, 2.24) is 0 Å². The van der Waals surface area contributed by atoms with Crippen LogP contribution in [0.1, 0.15) is 39.2 Å². The van der Waals surface area contributed by atoms with Crippen molar-refractivity contribution < 1.29 is 52.6 Å². The molecule has 0 aromatic heterocycles. The quantitative estimate of drug-likeness (QED) is 0.0846. The van der Waals surface area contributed by atoms with Gasteiger partial charge in [0.2, 0.25) is 0 Å². The normalized spacial score (nSPS) is 11.9. The predicted octanol–water partition coefficient (Wildman–Crippen LogP) is 2.26. The molecule has 1 aromatic rings. The Morgan fingerprint density at radius 1 is 0.789 bits per heavy atom. The van der Waals surface area contributed by atoms with Gasteiger partial charge in [0, 0.05) is 23.6 Å². The summed E-state index contributed by atoms with van der Waals surface area (Å²) in [5.41, 5.74) is -0.723. The van der Waals surface area contributed by atoms with Crippen LogP contribution in [0.3, 0.4) is 0 Å². The summed E-state index contributed by atoms with van der Waals surface area (Å²) in [6, 6.07) is 4.63. The van der Waals surface area contributed by atoms with E-state index in [1.807, 2.05) is 0 Å². The molecule has 1 atom stereocenters. The summed E-state index contributed by atoms with van der Waals surface area (Å²) in [5, 5.41) is 11.2. The highest BCUT2D eigenvalue weighted by Crippen LogP contribution is 2.37. The van der Waals surface area contributed by atoms with Crippen LogP contribution in [0.5, 0.6) is 0 Å². The molecule has 0 aliphatic rings. The molecule has 0 spiro atoms. The topological polar surface area (TPSA) is 175 Å². The average Bonchev–Trinajstić information content (AvgIpc) is 2.88. The number of rotatable bonds is 14. The zero-order chi connectivity index (χ0) is 28.8. The predicted molar refractivity (Wildman–Crippen MR) is 129 cm³/mol. The fraction of sp³-hybridized carbons (Fsp3) is 0.480. The maximum atomic E-state index is 13.1. The highest BCUT2D eigenvalue weighted by atomic mass is 16.6. The molecule has 0 amide bonds. The SMILES string of the molecule is CCOC(=O)C(/C=C(/C(=O)OC)C(c1ccc([N+](=O)[O-])cc1)C(C(=O)OCC)C(=O)OCC)C(=O)OCC. The summed E-state index contributed by atoms with van der Waals surface area (Å²) in [5.74, 6) is -10.5. The molecule has 0 radical (unpaired) electrons. The molecule has 0 aliphatic heterocycles. The molecule has 0 aliphatic carbocycles. The van der Waals surface area contributed by atoms with E-state index in [1.54, 1.807) is 0 Å². The number of nitro groups is 1. The maximum Gasteiger partial charge on any atom is 0.334 e. The fourth-order valence-corrected chi connectivity index (χ4v) is 3.48. The van der Waals surface area contributed by atoms with Crippen LogP contribution in [-0.4, -0.2) is 68.3 Å². The van der Waals surface area contributed by atoms with Gasteiger partial charge in [-0.3, -0.25) is 29.3 Å². The van der Waals surface area contributed by atoms with E-state index in [-0.39, 0.29) is 37.7 Å². The standard InChI is InChI=1S/C25H31NO12/c1-6-35-22(28)18(23(29)36-7-2)14-17(21(27)34-5)19(15-10-12-16(13-11-15)26(32)33)20(24(30)37-8-3)25(31)38-9-4/h10-14,18-20H,6-9H2,1-5H3/b17-14+. The lowest BCUT2D eigenvalue weighted by Gasteiger charge is -2.26. The third kappa shape index (κ3) is 8.39. The van der Waals surface area contributed by atoms with Crippen molar-refractivity contribution in [2.75, 3.05) is 33.5 Å². The Hall–Kier alpha value is -4.29.